The summed E-state index contributed by atoms with van der Waals surface area (Å²) in [5.41, 5.74) is -0.457. The summed E-state index contributed by atoms with van der Waals surface area (Å²) in [7, 11) is 0. The molecule has 0 aromatic heterocycles. The van der Waals surface area contributed by atoms with Gasteiger partial charge in [-0.15, -0.1) is 4.72 Å². The van der Waals surface area contributed by atoms with E-state index in [1.165, 1.54) is 0 Å². The normalized spacial score (nSPS) is 23.1. The van der Waals surface area contributed by atoms with Crippen LogP contribution >= 0.6 is 0 Å². The van der Waals surface area contributed by atoms with Gasteiger partial charge in [0.05, 0.1) is 6.04 Å². The van der Waals surface area contributed by atoms with Crippen LogP contribution in [-0.4, -0.2) is 45.0 Å². The van der Waals surface area contributed by atoms with Crippen LogP contribution in [-0.2, 0) is 16.1 Å². The van der Waals surface area contributed by atoms with Crippen molar-refractivity contribution in [1.82, 2.24) is 9.62 Å². The number of nitrogens with zero attached hydrogens (tertiary/aromatic N) is 1. The Bertz CT molecular complexity index is 390. The first-order valence-corrected chi connectivity index (χ1v) is 9.71. The lowest BCUT2D eigenvalue weighted by Gasteiger charge is -2.30. The fourth-order valence-corrected chi connectivity index (χ4v) is 3.46. The minimum Gasteiger partial charge on any atom is -0.598 e. The molecule has 5 nitrogen and oxygen atoms in total. The lowest BCUT2D eigenvalue weighted by Crippen LogP contribution is -2.46. The van der Waals surface area contributed by atoms with Gasteiger partial charge in [0.2, 0.25) is 0 Å². The molecule has 0 saturated carbocycles. The van der Waals surface area contributed by atoms with Gasteiger partial charge in [0.25, 0.3) is 0 Å². The van der Waals surface area contributed by atoms with Crippen molar-refractivity contribution in [3.8, 4) is 0 Å². The van der Waals surface area contributed by atoms with Gasteiger partial charge in [-0.3, -0.25) is 0 Å². The van der Waals surface area contributed by atoms with E-state index in [-0.39, 0.29) is 16.9 Å². The molecular weight excluding hydrogens is 312 g/mol. The molecule has 1 aliphatic rings. The maximum atomic E-state index is 12.2. The molecule has 1 N–H and O–H groups in total. The summed E-state index contributed by atoms with van der Waals surface area (Å²) in [4.78, 5) is 14.0. The quantitative estimate of drug-likeness (QED) is 0.795. The Morgan fingerprint density at radius 1 is 1.22 bits per heavy atom. The fourth-order valence-electron chi connectivity index (χ4n) is 2.57. The molecule has 1 amide bonds. The van der Waals surface area contributed by atoms with Crippen molar-refractivity contribution in [2.75, 3.05) is 13.1 Å². The van der Waals surface area contributed by atoms with Crippen LogP contribution in [0.1, 0.15) is 67.7 Å². The molecule has 0 radical (unpaired) electrons. The van der Waals surface area contributed by atoms with Crippen LogP contribution < -0.4 is 4.72 Å². The molecule has 23 heavy (non-hydrogen) atoms. The lowest BCUT2D eigenvalue weighted by atomic mass is 9.94. The second-order valence-electron chi connectivity index (χ2n) is 8.45. The molecule has 0 unspecified atom stereocenters. The second-order valence-corrected chi connectivity index (χ2v) is 10.4. The van der Waals surface area contributed by atoms with Gasteiger partial charge in [-0.25, -0.2) is 4.79 Å². The number of carbonyl (C=O) groups excluding carboxylic acids is 1. The maximum absolute atomic E-state index is 12.2. The van der Waals surface area contributed by atoms with Gasteiger partial charge in [0.15, 0.2) is 0 Å². The molecule has 3 atom stereocenters. The largest absolute Gasteiger partial charge is 0.598 e. The van der Waals surface area contributed by atoms with Gasteiger partial charge in [-0.2, -0.15) is 0 Å². The van der Waals surface area contributed by atoms with Crippen LogP contribution in [0.2, 0.25) is 0 Å². The maximum Gasteiger partial charge on any atom is 0.410 e. The van der Waals surface area contributed by atoms with Crippen LogP contribution in [0.25, 0.3) is 0 Å². The van der Waals surface area contributed by atoms with E-state index >= 15 is 0 Å². The third kappa shape index (κ3) is 7.31. The Kier molecular flexibility index (Phi) is 7.23. The van der Waals surface area contributed by atoms with Crippen LogP contribution in [0.3, 0.4) is 0 Å². The van der Waals surface area contributed by atoms with E-state index in [9.17, 15) is 9.35 Å². The molecule has 1 heterocycles. The zero-order valence-corrected chi connectivity index (χ0v) is 16.6. The van der Waals surface area contributed by atoms with Crippen molar-refractivity contribution < 1.29 is 14.1 Å². The number of likely N-dealkylation sites (tertiary alicyclic amines) is 1. The van der Waals surface area contributed by atoms with Crippen molar-refractivity contribution in [2.24, 2.45) is 5.92 Å². The van der Waals surface area contributed by atoms with E-state index < -0.39 is 17.0 Å². The highest BCUT2D eigenvalue weighted by Gasteiger charge is 2.32. The van der Waals surface area contributed by atoms with Crippen LogP contribution in [0.5, 0.6) is 0 Å². The highest BCUT2D eigenvalue weighted by atomic mass is 32.2. The Balaban J connectivity index is 2.53. The minimum atomic E-state index is -1.06. The van der Waals surface area contributed by atoms with Gasteiger partial charge < -0.3 is 14.2 Å². The minimum absolute atomic E-state index is 0.175. The molecule has 1 aliphatic heterocycles. The number of hydrogen-bond donors (Lipinski definition) is 1. The number of amides is 1. The van der Waals surface area contributed by atoms with Crippen LogP contribution in [0.15, 0.2) is 0 Å². The first-order chi connectivity index (χ1) is 10.4. The molecule has 1 rings (SSSR count). The first-order valence-electron chi connectivity index (χ1n) is 8.56. The smallest absolute Gasteiger partial charge is 0.410 e. The molecule has 0 aliphatic carbocycles. The summed E-state index contributed by atoms with van der Waals surface area (Å²) in [5.74, 6) is 0.425. The average Bonchev–Trinajstić information content (AvgIpc) is 2.61. The van der Waals surface area contributed by atoms with Crippen molar-refractivity contribution in [1.29, 1.82) is 0 Å². The number of nitrogens with one attached hydrogen (secondary N) is 1. The van der Waals surface area contributed by atoms with Crippen LogP contribution in [0, 0.1) is 5.92 Å². The molecule has 1 saturated heterocycles. The average molecular weight is 347 g/mol. The van der Waals surface area contributed by atoms with E-state index in [1.807, 2.05) is 41.5 Å². The molecular formula is C17H34N2O3S. The summed E-state index contributed by atoms with van der Waals surface area (Å²) in [6, 6.07) is 0.175. The summed E-state index contributed by atoms with van der Waals surface area (Å²) in [5, 5.41) is 0. The van der Waals surface area contributed by atoms with Gasteiger partial charge in [0.1, 0.15) is 10.3 Å². The highest BCUT2D eigenvalue weighted by molar-refractivity contribution is 7.90. The molecule has 136 valence electrons. The topological polar surface area (TPSA) is 64.6 Å². The molecule has 6 heteroatoms. The van der Waals surface area contributed by atoms with E-state index in [0.717, 1.165) is 25.8 Å². The Morgan fingerprint density at radius 3 is 2.35 bits per heavy atom. The van der Waals surface area contributed by atoms with Gasteiger partial charge in [0, 0.05) is 24.5 Å². The first kappa shape index (κ1) is 20.6. The van der Waals surface area contributed by atoms with E-state index in [2.05, 4.69) is 11.6 Å². The van der Waals surface area contributed by atoms with Crippen molar-refractivity contribution in [3.05, 3.63) is 0 Å². The Labute approximate surface area is 144 Å². The lowest BCUT2D eigenvalue weighted by molar-refractivity contribution is 0.0254. The fraction of sp³-hybridized carbons (Fsp3) is 0.941. The van der Waals surface area contributed by atoms with E-state index in [1.54, 1.807) is 4.90 Å². The van der Waals surface area contributed by atoms with E-state index in [4.69, 9.17) is 4.74 Å². The molecule has 1 fully saturated rings. The van der Waals surface area contributed by atoms with Crippen molar-refractivity contribution >= 4 is 17.5 Å². The summed E-state index contributed by atoms with van der Waals surface area (Å²) in [6.07, 6.45) is 2.68. The zero-order chi connectivity index (χ0) is 17.8. The van der Waals surface area contributed by atoms with E-state index in [0.29, 0.717) is 12.5 Å². The zero-order valence-electron chi connectivity index (χ0n) is 15.8. The molecule has 0 bridgehead atoms. The van der Waals surface area contributed by atoms with Crippen molar-refractivity contribution in [2.45, 2.75) is 84.1 Å². The van der Waals surface area contributed by atoms with Gasteiger partial charge in [-0.05, 0) is 73.6 Å². The monoisotopic (exact) mass is 346 g/mol. The van der Waals surface area contributed by atoms with Gasteiger partial charge >= 0.3 is 6.09 Å². The molecule has 0 aromatic rings. The second kappa shape index (κ2) is 8.08. The predicted molar refractivity (Wildman–Crippen MR) is 95.6 cm³/mol. The van der Waals surface area contributed by atoms with Crippen molar-refractivity contribution in [3.63, 3.8) is 0 Å². The molecule has 0 spiro atoms. The third-order valence-electron chi connectivity index (χ3n) is 3.98. The number of rotatable bonds is 3. The standard InChI is InChI=1S/C17H34N2O3S/c1-13(18-23(21)17(5,6)7)14-9-8-11-19(12-10-14)15(20)22-16(2,3)4/h13-14,18H,8-12H2,1-7H3/t13-,14+,23+/m0/s1. The SMILES string of the molecule is C[C@H](N[S@+]([O-])C(C)(C)C)[C@@H]1CCCN(C(=O)OC(C)(C)C)CC1. The van der Waals surface area contributed by atoms with Crippen LogP contribution in [0.4, 0.5) is 4.79 Å². The Hall–Kier alpha value is -0.460. The Morgan fingerprint density at radius 2 is 1.83 bits per heavy atom. The third-order valence-corrected chi connectivity index (χ3v) is 5.68. The highest BCUT2D eigenvalue weighted by Crippen LogP contribution is 2.24. The number of carbonyl (C=O) groups is 1. The van der Waals surface area contributed by atoms with Gasteiger partial charge in [-0.1, -0.05) is 0 Å². The summed E-state index contributed by atoms with van der Waals surface area (Å²) >= 11 is -1.06. The number of ether oxygens (including phenoxy) is 1. The summed E-state index contributed by atoms with van der Waals surface area (Å²) in [6.45, 7) is 15.1. The molecule has 0 aromatic carbocycles. The number of hydrogen-bond acceptors (Lipinski definition) is 4. The predicted octanol–water partition coefficient (Wildman–Crippen LogP) is 3.46. The summed E-state index contributed by atoms with van der Waals surface area (Å²) < 4.78 is 20.7.